The second-order valence-electron chi connectivity index (χ2n) is 3.85. The van der Waals surface area contributed by atoms with Gasteiger partial charge in [-0.05, 0) is 24.6 Å². The van der Waals surface area contributed by atoms with Crippen molar-refractivity contribution in [3.8, 4) is 0 Å². The highest BCUT2D eigenvalue weighted by molar-refractivity contribution is 5.42. The SMILES string of the molecule is CC(Nc1cncc(NN)n1)c1cccc(F)c1. The Balaban J connectivity index is 2.13. The van der Waals surface area contributed by atoms with Gasteiger partial charge in [0.25, 0.3) is 0 Å². The number of benzene rings is 1. The van der Waals surface area contributed by atoms with Crippen molar-refractivity contribution >= 4 is 11.6 Å². The van der Waals surface area contributed by atoms with Crippen LogP contribution in [0.5, 0.6) is 0 Å². The van der Waals surface area contributed by atoms with Gasteiger partial charge in [-0.3, -0.25) is 4.98 Å². The fourth-order valence-corrected chi connectivity index (χ4v) is 1.59. The number of halogens is 1. The molecule has 6 heteroatoms. The Bertz CT molecular complexity index is 531. The first kappa shape index (κ1) is 12.3. The van der Waals surface area contributed by atoms with Crippen LogP contribution in [0.2, 0.25) is 0 Å². The molecule has 18 heavy (non-hydrogen) atoms. The van der Waals surface area contributed by atoms with Gasteiger partial charge in [0.05, 0.1) is 18.4 Å². The van der Waals surface area contributed by atoms with E-state index in [0.717, 1.165) is 5.56 Å². The summed E-state index contributed by atoms with van der Waals surface area (Å²) in [5.41, 5.74) is 3.25. The maximum atomic E-state index is 13.1. The van der Waals surface area contributed by atoms with Crippen molar-refractivity contribution in [2.45, 2.75) is 13.0 Å². The molecule has 0 spiro atoms. The predicted octanol–water partition coefficient (Wildman–Crippen LogP) is 2.07. The summed E-state index contributed by atoms with van der Waals surface area (Å²) in [6.07, 6.45) is 3.09. The lowest BCUT2D eigenvalue weighted by molar-refractivity contribution is 0.623. The molecule has 0 aliphatic rings. The Hall–Kier alpha value is -2.21. The third-order valence-corrected chi connectivity index (χ3v) is 2.50. The van der Waals surface area contributed by atoms with Gasteiger partial charge in [-0.1, -0.05) is 12.1 Å². The molecule has 2 rings (SSSR count). The number of hydrogen-bond acceptors (Lipinski definition) is 5. The van der Waals surface area contributed by atoms with Crippen molar-refractivity contribution in [3.63, 3.8) is 0 Å². The molecule has 4 N–H and O–H groups in total. The maximum Gasteiger partial charge on any atom is 0.160 e. The fourth-order valence-electron chi connectivity index (χ4n) is 1.59. The number of hydrazine groups is 1. The van der Waals surface area contributed by atoms with Crippen LogP contribution in [0.15, 0.2) is 36.7 Å². The average Bonchev–Trinajstić information content (AvgIpc) is 2.39. The molecule has 1 aromatic heterocycles. The molecule has 0 aliphatic heterocycles. The first-order chi connectivity index (χ1) is 8.69. The molecule has 94 valence electrons. The Labute approximate surface area is 104 Å². The van der Waals surface area contributed by atoms with E-state index in [2.05, 4.69) is 20.7 Å². The molecule has 0 saturated carbocycles. The Morgan fingerprint density at radius 1 is 1.28 bits per heavy atom. The first-order valence-corrected chi connectivity index (χ1v) is 5.49. The second kappa shape index (κ2) is 5.42. The van der Waals surface area contributed by atoms with Crippen molar-refractivity contribution in [3.05, 3.63) is 48.0 Å². The van der Waals surface area contributed by atoms with E-state index in [1.54, 1.807) is 12.3 Å². The third kappa shape index (κ3) is 2.92. The van der Waals surface area contributed by atoms with Crippen molar-refractivity contribution < 1.29 is 4.39 Å². The van der Waals surface area contributed by atoms with Crippen molar-refractivity contribution in [1.29, 1.82) is 0 Å². The Morgan fingerprint density at radius 3 is 2.78 bits per heavy atom. The van der Waals surface area contributed by atoms with Gasteiger partial charge in [0.2, 0.25) is 0 Å². The lowest BCUT2D eigenvalue weighted by Gasteiger charge is -2.15. The van der Waals surface area contributed by atoms with E-state index in [1.165, 1.54) is 18.3 Å². The topological polar surface area (TPSA) is 75.9 Å². The number of nitrogens with one attached hydrogen (secondary N) is 2. The molecule has 5 nitrogen and oxygen atoms in total. The van der Waals surface area contributed by atoms with Gasteiger partial charge in [-0.15, -0.1) is 0 Å². The molecule has 1 heterocycles. The lowest BCUT2D eigenvalue weighted by atomic mass is 10.1. The summed E-state index contributed by atoms with van der Waals surface area (Å²) in [7, 11) is 0. The minimum absolute atomic E-state index is 0.0805. The standard InChI is InChI=1S/C12H14FN5/c1-8(9-3-2-4-10(13)5-9)16-11-6-15-7-12(17-11)18-14/h2-8H,14H2,1H3,(H2,16,17,18). The molecule has 0 fully saturated rings. The van der Waals surface area contributed by atoms with Gasteiger partial charge in [0.1, 0.15) is 11.6 Å². The summed E-state index contributed by atoms with van der Waals surface area (Å²) in [6, 6.07) is 6.33. The molecular weight excluding hydrogens is 233 g/mol. The van der Waals surface area contributed by atoms with Crippen LogP contribution in [0.4, 0.5) is 16.0 Å². The smallest absolute Gasteiger partial charge is 0.160 e. The Kier molecular flexibility index (Phi) is 3.69. The van der Waals surface area contributed by atoms with Crippen LogP contribution in [0.3, 0.4) is 0 Å². The van der Waals surface area contributed by atoms with Crippen LogP contribution in [-0.4, -0.2) is 9.97 Å². The highest BCUT2D eigenvalue weighted by atomic mass is 19.1. The van der Waals surface area contributed by atoms with Crippen LogP contribution in [0.25, 0.3) is 0 Å². The fraction of sp³-hybridized carbons (Fsp3) is 0.167. The Morgan fingerprint density at radius 2 is 2.06 bits per heavy atom. The van der Waals surface area contributed by atoms with E-state index in [4.69, 9.17) is 5.84 Å². The molecule has 1 unspecified atom stereocenters. The highest BCUT2D eigenvalue weighted by Gasteiger charge is 2.07. The predicted molar refractivity (Wildman–Crippen MR) is 68.3 cm³/mol. The number of rotatable bonds is 4. The van der Waals surface area contributed by atoms with Crippen LogP contribution in [-0.2, 0) is 0 Å². The van der Waals surface area contributed by atoms with Crippen LogP contribution < -0.4 is 16.6 Å². The summed E-state index contributed by atoms with van der Waals surface area (Å²) >= 11 is 0. The summed E-state index contributed by atoms with van der Waals surface area (Å²) in [4.78, 5) is 8.15. The summed E-state index contributed by atoms with van der Waals surface area (Å²) in [5, 5.41) is 3.12. The molecule has 1 aromatic carbocycles. The largest absolute Gasteiger partial charge is 0.362 e. The quantitative estimate of drug-likeness (QED) is 0.569. The van der Waals surface area contributed by atoms with Crippen LogP contribution >= 0.6 is 0 Å². The van der Waals surface area contributed by atoms with Crippen LogP contribution in [0.1, 0.15) is 18.5 Å². The average molecular weight is 247 g/mol. The number of hydrogen-bond donors (Lipinski definition) is 3. The van der Waals surface area contributed by atoms with E-state index in [-0.39, 0.29) is 11.9 Å². The highest BCUT2D eigenvalue weighted by Crippen LogP contribution is 2.18. The van der Waals surface area contributed by atoms with E-state index in [0.29, 0.717) is 11.6 Å². The zero-order valence-electron chi connectivity index (χ0n) is 9.89. The molecule has 0 amide bonds. The van der Waals surface area contributed by atoms with Gasteiger partial charge >= 0.3 is 0 Å². The van der Waals surface area contributed by atoms with E-state index in [9.17, 15) is 4.39 Å². The van der Waals surface area contributed by atoms with Crippen molar-refractivity contribution in [2.24, 2.45) is 5.84 Å². The summed E-state index contributed by atoms with van der Waals surface area (Å²) < 4.78 is 13.1. The van der Waals surface area contributed by atoms with Crippen molar-refractivity contribution in [1.82, 2.24) is 9.97 Å². The number of nitrogens with two attached hydrogens (primary N) is 1. The first-order valence-electron chi connectivity index (χ1n) is 5.49. The van der Waals surface area contributed by atoms with Crippen LogP contribution in [0, 0.1) is 5.82 Å². The minimum atomic E-state index is -0.260. The number of nitrogens with zero attached hydrogens (tertiary/aromatic N) is 2. The number of aromatic nitrogens is 2. The number of anilines is 2. The second-order valence-corrected chi connectivity index (χ2v) is 3.85. The zero-order chi connectivity index (χ0) is 13.0. The van der Waals surface area contributed by atoms with Gasteiger partial charge < -0.3 is 10.7 Å². The zero-order valence-corrected chi connectivity index (χ0v) is 9.89. The number of nitrogen functional groups attached to an aromatic ring is 1. The molecule has 2 aromatic rings. The molecular formula is C12H14FN5. The van der Waals surface area contributed by atoms with Gasteiger partial charge in [0, 0.05) is 0 Å². The molecule has 0 radical (unpaired) electrons. The van der Waals surface area contributed by atoms with Gasteiger partial charge in [0.15, 0.2) is 5.82 Å². The van der Waals surface area contributed by atoms with Gasteiger partial charge in [-0.25, -0.2) is 15.2 Å². The van der Waals surface area contributed by atoms with Gasteiger partial charge in [-0.2, -0.15) is 0 Å². The molecule has 1 atom stereocenters. The van der Waals surface area contributed by atoms with E-state index < -0.39 is 0 Å². The summed E-state index contributed by atoms with van der Waals surface area (Å²) in [5.74, 6) is 6.03. The molecule has 0 saturated heterocycles. The monoisotopic (exact) mass is 247 g/mol. The molecule has 0 bridgehead atoms. The van der Waals surface area contributed by atoms with E-state index >= 15 is 0 Å². The maximum absolute atomic E-state index is 13.1. The van der Waals surface area contributed by atoms with E-state index in [1.807, 2.05) is 13.0 Å². The lowest BCUT2D eigenvalue weighted by Crippen LogP contribution is -2.12. The normalized spacial score (nSPS) is 11.9. The third-order valence-electron chi connectivity index (χ3n) is 2.50. The minimum Gasteiger partial charge on any atom is -0.362 e. The van der Waals surface area contributed by atoms with Crippen molar-refractivity contribution in [2.75, 3.05) is 10.7 Å². The molecule has 0 aliphatic carbocycles. The summed E-state index contributed by atoms with van der Waals surface area (Å²) in [6.45, 7) is 1.92.